The Hall–Kier alpha value is -2.26. The SMILES string of the molecule is O=C(NCC1CCCO1)c1cc([N+](=O)[O-])c(Cl)c([N+](=O)[O-])c1. The van der Waals surface area contributed by atoms with E-state index in [-0.39, 0.29) is 18.2 Å². The van der Waals surface area contributed by atoms with Gasteiger partial charge < -0.3 is 10.1 Å². The van der Waals surface area contributed by atoms with E-state index in [9.17, 15) is 25.0 Å². The molecule has 1 aliphatic rings. The van der Waals surface area contributed by atoms with Gasteiger partial charge in [0.25, 0.3) is 17.3 Å². The van der Waals surface area contributed by atoms with Crippen LogP contribution in [-0.2, 0) is 4.74 Å². The Morgan fingerprint density at radius 3 is 2.36 bits per heavy atom. The monoisotopic (exact) mass is 329 g/mol. The molecule has 118 valence electrons. The molecule has 1 saturated heterocycles. The molecule has 10 heteroatoms. The minimum Gasteiger partial charge on any atom is -0.376 e. The van der Waals surface area contributed by atoms with E-state index in [4.69, 9.17) is 16.3 Å². The molecule has 0 aromatic heterocycles. The number of nitro benzene ring substituents is 2. The van der Waals surface area contributed by atoms with Crippen LogP contribution < -0.4 is 5.32 Å². The molecule has 1 aromatic carbocycles. The van der Waals surface area contributed by atoms with Gasteiger partial charge in [-0.3, -0.25) is 25.0 Å². The van der Waals surface area contributed by atoms with Crippen LogP contribution in [0, 0.1) is 20.2 Å². The third-order valence-corrected chi connectivity index (χ3v) is 3.59. The Kier molecular flexibility index (Phi) is 4.88. The van der Waals surface area contributed by atoms with Crippen LogP contribution in [0.5, 0.6) is 0 Å². The van der Waals surface area contributed by atoms with Gasteiger partial charge in [0.2, 0.25) is 0 Å². The predicted molar refractivity (Wildman–Crippen MR) is 76.1 cm³/mol. The van der Waals surface area contributed by atoms with Crippen LogP contribution in [0.25, 0.3) is 0 Å². The fourth-order valence-corrected chi connectivity index (χ4v) is 2.35. The lowest BCUT2D eigenvalue weighted by Crippen LogP contribution is -2.31. The van der Waals surface area contributed by atoms with Gasteiger partial charge in [0.05, 0.1) is 21.5 Å². The number of ether oxygens (including phenoxy) is 1. The standard InChI is InChI=1S/C12H12ClN3O6/c13-11-9(15(18)19)4-7(5-10(11)16(20)21)12(17)14-6-8-2-1-3-22-8/h4-5,8H,1-3,6H2,(H,14,17). The minimum absolute atomic E-state index is 0.110. The fraction of sp³-hybridized carbons (Fsp3) is 0.417. The van der Waals surface area contributed by atoms with Gasteiger partial charge in [-0.15, -0.1) is 0 Å². The first-order valence-electron chi connectivity index (χ1n) is 6.42. The van der Waals surface area contributed by atoms with Crippen molar-refractivity contribution in [1.82, 2.24) is 5.32 Å². The molecular formula is C12H12ClN3O6. The highest BCUT2D eigenvalue weighted by Crippen LogP contribution is 2.34. The summed E-state index contributed by atoms with van der Waals surface area (Å²) >= 11 is 5.62. The van der Waals surface area contributed by atoms with Crippen molar-refractivity contribution in [1.29, 1.82) is 0 Å². The summed E-state index contributed by atoms with van der Waals surface area (Å²) in [4.78, 5) is 32.0. The molecule has 1 amide bonds. The van der Waals surface area contributed by atoms with Crippen molar-refractivity contribution in [3.05, 3.63) is 42.9 Å². The Balaban J connectivity index is 2.23. The molecule has 2 rings (SSSR count). The lowest BCUT2D eigenvalue weighted by Gasteiger charge is -2.10. The second-order valence-corrected chi connectivity index (χ2v) is 5.07. The van der Waals surface area contributed by atoms with Crippen LogP contribution in [0.3, 0.4) is 0 Å². The molecule has 22 heavy (non-hydrogen) atoms. The van der Waals surface area contributed by atoms with E-state index in [0.29, 0.717) is 6.61 Å². The largest absolute Gasteiger partial charge is 0.376 e. The third-order valence-electron chi connectivity index (χ3n) is 3.20. The Morgan fingerprint density at radius 1 is 1.32 bits per heavy atom. The second-order valence-electron chi connectivity index (χ2n) is 4.69. The molecule has 0 bridgehead atoms. The van der Waals surface area contributed by atoms with Crippen LogP contribution in [0.4, 0.5) is 11.4 Å². The quantitative estimate of drug-likeness (QED) is 0.651. The molecule has 9 nitrogen and oxygen atoms in total. The van der Waals surface area contributed by atoms with Gasteiger partial charge in [0, 0.05) is 25.3 Å². The molecule has 1 N–H and O–H groups in total. The summed E-state index contributed by atoms with van der Waals surface area (Å²) in [6.07, 6.45) is 1.60. The summed E-state index contributed by atoms with van der Waals surface area (Å²) in [5.41, 5.74) is -1.56. The maximum Gasteiger partial charge on any atom is 0.295 e. The van der Waals surface area contributed by atoms with Crippen LogP contribution in [0.15, 0.2) is 12.1 Å². The zero-order valence-corrected chi connectivity index (χ0v) is 12.0. The Bertz CT molecular complexity index is 594. The lowest BCUT2D eigenvalue weighted by molar-refractivity contribution is -0.393. The molecular weight excluding hydrogens is 318 g/mol. The summed E-state index contributed by atoms with van der Waals surface area (Å²) in [5, 5.41) is 23.7. The molecule has 0 aliphatic carbocycles. The number of rotatable bonds is 5. The van der Waals surface area contributed by atoms with E-state index in [1.165, 1.54) is 0 Å². The highest BCUT2D eigenvalue weighted by Gasteiger charge is 2.27. The molecule has 0 radical (unpaired) electrons. The van der Waals surface area contributed by atoms with Gasteiger partial charge in [-0.2, -0.15) is 0 Å². The van der Waals surface area contributed by atoms with Crippen molar-refractivity contribution < 1.29 is 19.4 Å². The first kappa shape index (κ1) is 16.1. The maximum atomic E-state index is 12.0. The molecule has 1 heterocycles. The normalized spacial score (nSPS) is 17.2. The number of amides is 1. The van der Waals surface area contributed by atoms with Crippen LogP contribution >= 0.6 is 11.6 Å². The average Bonchev–Trinajstić information content (AvgIpc) is 2.97. The summed E-state index contributed by atoms with van der Waals surface area (Å²) in [5.74, 6) is -0.654. The van der Waals surface area contributed by atoms with E-state index in [2.05, 4.69) is 5.32 Å². The van der Waals surface area contributed by atoms with Gasteiger partial charge >= 0.3 is 0 Å². The fourth-order valence-electron chi connectivity index (χ4n) is 2.10. The van der Waals surface area contributed by atoms with Gasteiger partial charge in [-0.1, -0.05) is 11.6 Å². The summed E-state index contributed by atoms with van der Waals surface area (Å²) in [7, 11) is 0. The van der Waals surface area contributed by atoms with Crippen LogP contribution in [0.1, 0.15) is 23.2 Å². The van der Waals surface area contributed by atoms with E-state index in [1.807, 2.05) is 0 Å². The van der Waals surface area contributed by atoms with Gasteiger partial charge in [-0.25, -0.2) is 0 Å². The van der Waals surface area contributed by atoms with Crippen LogP contribution in [-0.4, -0.2) is 35.0 Å². The number of nitrogens with one attached hydrogen (secondary N) is 1. The lowest BCUT2D eigenvalue weighted by atomic mass is 10.1. The number of hydrogen-bond donors (Lipinski definition) is 1. The zero-order valence-electron chi connectivity index (χ0n) is 11.3. The van der Waals surface area contributed by atoms with Crippen molar-refractivity contribution in [3.63, 3.8) is 0 Å². The van der Waals surface area contributed by atoms with E-state index in [1.54, 1.807) is 0 Å². The van der Waals surface area contributed by atoms with Crippen LogP contribution in [0.2, 0.25) is 5.02 Å². The molecule has 1 atom stereocenters. The number of nitrogens with zero attached hydrogens (tertiary/aromatic N) is 2. The van der Waals surface area contributed by atoms with Crippen molar-refractivity contribution in [2.75, 3.05) is 13.2 Å². The predicted octanol–water partition coefficient (Wildman–Crippen LogP) is 2.07. The third kappa shape index (κ3) is 3.49. The second kappa shape index (κ2) is 6.67. The van der Waals surface area contributed by atoms with Crippen molar-refractivity contribution in [2.24, 2.45) is 0 Å². The van der Waals surface area contributed by atoms with Gasteiger partial charge in [0.1, 0.15) is 0 Å². The van der Waals surface area contributed by atoms with Crippen molar-refractivity contribution >= 4 is 28.9 Å². The zero-order chi connectivity index (χ0) is 16.3. The Labute approximate surface area is 129 Å². The first-order chi connectivity index (χ1) is 10.4. The molecule has 1 aliphatic heterocycles. The van der Waals surface area contributed by atoms with E-state index < -0.39 is 32.2 Å². The molecule has 1 unspecified atom stereocenters. The topological polar surface area (TPSA) is 125 Å². The summed E-state index contributed by atoms with van der Waals surface area (Å²) < 4.78 is 5.33. The van der Waals surface area contributed by atoms with Gasteiger partial charge in [0.15, 0.2) is 5.02 Å². The van der Waals surface area contributed by atoms with Gasteiger partial charge in [-0.05, 0) is 12.8 Å². The van der Waals surface area contributed by atoms with Crippen molar-refractivity contribution in [2.45, 2.75) is 18.9 Å². The van der Waals surface area contributed by atoms with E-state index in [0.717, 1.165) is 25.0 Å². The number of nitro groups is 2. The molecule has 1 aromatic rings. The molecule has 0 saturated carbocycles. The number of halogens is 1. The number of carbonyl (C=O) groups excluding carboxylic acids is 1. The molecule has 1 fully saturated rings. The minimum atomic E-state index is -0.869. The molecule has 0 spiro atoms. The first-order valence-corrected chi connectivity index (χ1v) is 6.80. The number of hydrogen-bond acceptors (Lipinski definition) is 6. The summed E-state index contributed by atoms with van der Waals surface area (Å²) in [6.45, 7) is 0.863. The maximum absolute atomic E-state index is 12.0. The number of carbonyl (C=O) groups is 1. The highest BCUT2D eigenvalue weighted by molar-refractivity contribution is 6.35. The Morgan fingerprint density at radius 2 is 1.91 bits per heavy atom. The average molecular weight is 330 g/mol. The van der Waals surface area contributed by atoms with Crippen molar-refractivity contribution in [3.8, 4) is 0 Å². The summed E-state index contributed by atoms with van der Waals surface area (Å²) in [6, 6.07) is 1.83. The number of benzene rings is 1. The smallest absolute Gasteiger partial charge is 0.295 e. The van der Waals surface area contributed by atoms with E-state index >= 15 is 0 Å². The highest BCUT2D eigenvalue weighted by atomic mass is 35.5.